The average molecular weight is 105 g/mol. The molecule has 0 atom stereocenters. The van der Waals surface area contributed by atoms with Crippen LogP contribution in [0, 0.1) is 17.8 Å². The van der Waals surface area contributed by atoms with Gasteiger partial charge in [-0.15, -0.1) is 0 Å². The predicted octanol–water partition coefficient (Wildman–Crippen LogP) is -2.69. The van der Waals surface area contributed by atoms with Gasteiger partial charge in [-0.3, -0.25) is 0 Å². The number of ketones is 1. The van der Waals surface area contributed by atoms with E-state index in [9.17, 15) is 4.79 Å². The van der Waals surface area contributed by atoms with Crippen LogP contribution < -0.4 is 29.6 Å². The quantitative estimate of drug-likeness (QED) is 0.269. The number of Topliss-reactive ketones (excluding diaryl/α,β-unsaturated/α-hetero) is 1. The molecule has 0 saturated carbocycles. The first-order valence-electron chi connectivity index (χ1n) is 1.51. The Balaban J connectivity index is 0. The SMILES string of the molecule is CC(=O)[CH-]C#N.[Na+]. The van der Waals surface area contributed by atoms with E-state index >= 15 is 0 Å². The minimum Gasteiger partial charge on any atom is -0.334 e. The molecule has 0 N–H and O–H groups in total. The van der Waals surface area contributed by atoms with E-state index in [0.717, 1.165) is 6.42 Å². The summed E-state index contributed by atoms with van der Waals surface area (Å²) in [5.41, 5.74) is 0. The van der Waals surface area contributed by atoms with Crippen molar-refractivity contribution in [2.24, 2.45) is 0 Å². The van der Waals surface area contributed by atoms with Gasteiger partial charge in [0.15, 0.2) is 0 Å². The molecule has 0 aliphatic carbocycles. The van der Waals surface area contributed by atoms with E-state index in [0.29, 0.717) is 0 Å². The van der Waals surface area contributed by atoms with Gasteiger partial charge in [0.05, 0.1) is 0 Å². The van der Waals surface area contributed by atoms with Gasteiger partial charge in [-0.2, -0.15) is 0 Å². The summed E-state index contributed by atoms with van der Waals surface area (Å²) in [6.45, 7) is 1.34. The summed E-state index contributed by atoms with van der Waals surface area (Å²) in [6, 6.07) is 1.59. The molecule has 32 valence electrons. The second-order valence-electron chi connectivity index (χ2n) is 0.884. The molecule has 0 bridgehead atoms. The number of nitriles is 1. The molecule has 0 aliphatic heterocycles. The maximum absolute atomic E-state index is 9.77. The molecule has 0 aromatic rings. The molecule has 0 unspecified atom stereocenters. The molecule has 2 nitrogen and oxygen atoms in total. The Morgan fingerprint density at radius 2 is 2.29 bits per heavy atom. The van der Waals surface area contributed by atoms with Crippen LogP contribution in [0.25, 0.3) is 0 Å². The summed E-state index contributed by atoms with van der Waals surface area (Å²) in [5, 5.41) is 7.71. The largest absolute Gasteiger partial charge is 1.00 e. The molecule has 3 heteroatoms. The molecule has 0 saturated heterocycles. The van der Waals surface area contributed by atoms with Gasteiger partial charge in [-0.1, -0.05) is 6.07 Å². The Bertz CT molecular complexity index is 94.4. The Morgan fingerprint density at radius 1 is 1.86 bits per heavy atom. The zero-order valence-corrected chi connectivity index (χ0v) is 6.43. The van der Waals surface area contributed by atoms with Crippen LogP contribution in [0.5, 0.6) is 0 Å². The van der Waals surface area contributed by atoms with Crippen LogP contribution in [0.4, 0.5) is 0 Å². The standard InChI is InChI=1S/C4H4NO.Na/c1-4(6)2-3-5;/h2H,1H3;/q-1;+1. The van der Waals surface area contributed by atoms with Crippen molar-refractivity contribution in [2.45, 2.75) is 6.92 Å². The van der Waals surface area contributed by atoms with Crippen LogP contribution in [0.1, 0.15) is 6.92 Å². The van der Waals surface area contributed by atoms with Crippen molar-refractivity contribution in [1.29, 1.82) is 5.26 Å². The van der Waals surface area contributed by atoms with Crippen molar-refractivity contribution < 1.29 is 34.4 Å². The monoisotopic (exact) mass is 105 g/mol. The van der Waals surface area contributed by atoms with Crippen LogP contribution >= 0.6 is 0 Å². The molecular weight excluding hydrogens is 101 g/mol. The number of carbonyl (C=O) groups excluding carboxylic acids is 1. The molecule has 0 aromatic heterocycles. The number of carbonyl (C=O) groups is 1. The zero-order chi connectivity index (χ0) is 4.99. The van der Waals surface area contributed by atoms with Crippen LogP contribution in [0.2, 0.25) is 0 Å². The molecule has 0 fully saturated rings. The first-order chi connectivity index (χ1) is 2.77. The first kappa shape index (κ1) is 10.1. The molecule has 0 spiro atoms. The summed E-state index contributed by atoms with van der Waals surface area (Å²) in [7, 11) is 0. The van der Waals surface area contributed by atoms with Crippen molar-refractivity contribution in [1.82, 2.24) is 0 Å². The van der Waals surface area contributed by atoms with Crippen molar-refractivity contribution in [3.8, 4) is 6.07 Å². The van der Waals surface area contributed by atoms with E-state index < -0.39 is 0 Å². The normalized spacial score (nSPS) is 5.14. The number of hydrogen-bond donors (Lipinski definition) is 0. The molecule has 0 rings (SSSR count). The van der Waals surface area contributed by atoms with Gasteiger partial charge in [-0.05, 0) is 6.92 Å². The van der Waals surface area contributed by atoms with Gasteiger partial charge < -0.3 is 4.79 Å². The zero-order valence-electron chi connectivity index (χ0n) is 4.43. The van der Waals surface area contributed by atoms with E-state index in [2.05, 4.69) is 0 Å². The van der Waals surface area contributed by atoms with E-state index in [1.54, 1.807) is 6.07 Å². The second kappa shape index (κ2) is 6.03. The molecule has 0 aromatic carbocycles. The fourth-order valence-electron chi connectivity index (χ4n) is 0.0909. The summed E-state index contributed by atoms with van der Waals surface area (Å²) in [5.74, 6) is -0.197. The number of nitrogens with zero attached hydrogens (tertiary/aromatic N) is 1. The van der Waals surface area contributed by atoms with Crippen molar-refractivity contribution in [3.05, 3.63) is 6.42 Å². The summed E-state index contributed by atoms with van der Waals surface area (Å²) >= 11 is 0. The maximum atomic E-state index is 9.77. The Hall–Kier alpha value is 0.0300. The van der Waals surface area contributed by atoms with Crippen molar-refractivity contribution in [2.75, 3.05) is 0 Å². The van der Waals surface area contributed by atoms with Gasteiger partial charge in [0, 0.05) is 5.78 Å². The average Bonchev–Trinajstić information content (AvgIpc) is 1.35. The predicted molar refractivity (Wildman–Crippen MR) is 20.6 cm³/mol. The summed E-state index contributed by atoms with van der Waals surface area (Å²) < 4.78 is 0. The second-order valence-corrected chi connectivity index (χ2v) is 0.884. The van der Waals surface area contributed by atoms with Gasteiger partial charge >= 0.3 is 29.6 Å². The van der Waals surface area contributed by atoms with Crippen LogP contribution in [0.15, 0.2) is 0 Å². The minimum atomic E-state index is -0.197. The Kier molecular flexibility index (Phi) is 8.70. The van der Waals surface area contributed by atoms with E-state index in [1.807, 2.05) is 0 Å². The Labute approximate surface area is 64.8 Å². The van der Waals surface area contributed by atoms with Crippen molar-refractivity contribution >= 4 is 5.78 Å². The van der Waals surface area contributed by atoms with Crippen LogP contribution in [-0.2, 0) is 4.79 Å². The van der Waals surface area contributed by atoms with Crippen LogP contribution in [-0.4, -0.2) is 5.78 Å². The van der Waals surface area contributed by atoms with Gasteiger partial charge in [0.2, 0.25) is 0 Å². The van der Waals surface area contributed by atoms with E-state index in [4.69, 9.17) is 5.26 Å². The number of hydrogen-bond acceptors (Lipinski definition) is 2. The minimum absolute atomic E-state index is 0. The smallest absolute Gasteiger partial charge is 0.334 e. The Morgan fingerprint density at radius 3 is 2.29 bits per heavy atom. The van der Waals surface area contributed by atoms with Crippen molar-refractivity contribution in [3.63, 3.8) is 0 Å². The summed E-state index contributed by atoms with van der Waals surface area (Å²) in [6.07, 6.45) is 0.958. The third-order valence-electron chi connectivity index (χ3n) is 0.268. The van der Waals surface area contributed by atoms with Crippen LogP contribution in [0.3, 0.4) is 0 Å². The molecule has 0 amide bonds. The molecule has 0 radical (unpaired) electrons. The maximum Gasteiger partial charge on any atom is 1.00 e. The fourth-order valence-corrected chi connectivity index (χ4v) is 0.0909. The molecule has 7 heavy (non-hydrogen) atoms. The van der Waals surface area contributed by atoms with Gasteiger partial charge in [0.1, 0.15) is 0 Å². The molecular formula is C4H4NNaO. The first-order valence-corrected chi connectivity index (χ1v) is 1.51. The third-order valence-corrected chi connectivity index (χ3v) is 0.268. The van der Waals surface area contributed by atoms with Gasteiger partial charge in [0.25, 0.3) is 0 Å². The fraction of sp³-hybridized carbons (Fsp3) is 0.250. The van der Waals surface area contributed by atoms with Gasteiger partial charge in [-0.25, -0.2) is 11.7 Å². The van der Waals surface area contributed by atoms with E-state index in [1.165, 1.54) is 6.92 Å². The summed E-state index contributed by atoms with van der Waals surface area (Å²) in [4.78, 5) is 9.77. The van der Waals surface area contributed by atoms with E-state index in [-0.39, 0.29) is 35.3 Å². The molecule has 0 heterocycles. The third kappa shape index (κ3) is 10.7. The number of rotatable bonds is 1. The topological polar surface area (TPSA) is 40.9 Å². The molecule has 0 aliphatic rings.